The molecule has 0 heterocycles. The molecule has 2 spiro atoms. The number of anilines is 3. The summed E-state index contributed by atoms with van der Waals surface area (Å²) < 4.78 is 0. The molecule has 0 aromatic heterocycles. The van der Waals surface area contributed by atoms with Crippen LogP contribution in [0.25, 0.3) is 22.3 Å². The summed E-state index contributed by atoms with van der Waals surface area (Å²) in [6.07, 6.45) is 11.0. The van der Waals surface area contributed by atoms with Crippen LogP contribution in [-0.2, 0) is 10.8 Å². The number of hydrogen-bond acceptors (Lipinski definition) is 1. The maximum absolute atomic E-state index is 2.64. The highest BCUT2D eigenvalue weighted by atomic mass is 15.1. The molecular formula is C48H47N. The third-order valence-corrected chi connectivity index (χ3v) is 15.1. The summed E-state index contributed by atoms with van der Waals surface area (Å²) in [5, 5.41) is 0. The third kappa shape index (κ3) is 3.62. The normalized spacial score (nSPS) is 32.6. The fraction of sp³-hybridized carbons (Fsp3) is 0.375. The molecule has 3 unspecified atom stereocenters. The molecule has 49 heavy (non-hydrogen) atoms. The van der Waals surface area contributed by atoms with E-state index in [1.807, 2.05) is 0 Å². The maximum atomic E-state index is 2.64. The molecule has 6 aliphatic rings. The van der Waals surface area contributed by atoms with Crippen LogP contribution >= 0.6 is 0 Å². The standard InChI is InChI=1S/C48H47N/c1-30-16-24-45-37(30)22-17-31(2)48(45)44-15-9-7-12-38(44)40-23-20-36(28-46(40)48)49(34-10-4-3-5-11-34)35-21-25-43-41(27-35)39-13-6-8-14-42(39)47(43)29-32-18-19-33(47)26-32/h3-15,20-21,23,25,27-28,30-33,37,45H,16-19,22,24,26,29H2,1-2H3/t30?,31-,32-,33+,37-,45?,47-,48?/m0/s1. The molecule has 0 radical (unpaired) electrons. The Hall–Kier alpha value is -4.10. The molecule has 4 fully saturated rings. The Kier molecular flexibility index (Phi) is 5.99. The van der Waals surface area contributed by atoms with Crippen molar-refractivity contribution < 1.29 is 0 Å². The van der Waals surface area contributed by atoms with Gasteiger partial charge in [-0.25, -0.2) is 0 Å². The second-order valence-electron chi connectivity index (χ2n) is 16.9. The minimum atomic E-state index is 0.0863. The van der Waals surface area contributed by atoms with Crippen molar-refractivity contribution in [2.75, 3.05) is 4.90 Å². The van der Waals surface area contributed by atoms with E-state index in [4.69, 9.17) is 0 Å². The van der Waals surface area contributed by atoms with Crippen LogP contribution in [0.15, 0.2) is 115 Å². The lowest BCUT2D eigenvalue weighted by atomic mass is 9.53. The Morgan fingerprint density at radius 3 is 2.02 bits per heavy atom. The summed E-state index contributed by atoms with van der Waals surface area (Å²) in [5.74, 6) is 4.64. The number of para-hydroxylation sites is 1. The van der Waals surface area contributed by atoms with Crippen molar-refractivity contribution in [3.8, 4) is 22.3 Å². The van der Waals surface area contributed by atoms with Crippen LogP contribution < -0.4 is 4.90 Å². The second-order valence-corrected chi connectivity index (χ2v) is 16.9. The summed E-state index contributed by atoms with van der Waals surface area (Å²) >= 11 is 0. The van der Waals surface area contributed by atoms with Gasteiger partial charge >= 0.3 is 0 Å². The lowest BCUT2D eigenvalue weighted by Crippen LogP contribution is -2.46. The minimum Gasteiger partial charge on any atom is -0.310 e. The maximum Gasteiger partial charge on any atom is 0.0468 e. The van der Waals surface area contributed by atoms with E-state index in [1.54, 1.807) is 22.3 Å². The number of fused-ring (bicyclic) bond motifs is 15. The molecule has 0 amide bonds. The average molecular weight is 638 g/mol. The third-order valence-electron chi connectivity index (χ3n) is 15.1. The van der Waals surface area contributed by atoms with Crippen molar-refractivity contribution in [1.29, 1.82) is 0 Å². The van der Waals surface area contributed by atoms with Gasteiger partial charge in [0.05, 0.1) is 0 Å². The number of hydrogen-bond donors (Lipinski definition) is 0. The second kappa shape index (κ2) is 10.2. The highest BCUT2D eigenvalue weighted by Gasteiger charge is 2.59. The van der Waals surface area contributed by atoms with Gasteiger partial charge in [-0.15, -0.1) is 0 Å². The summed E-state index contributed by atoms with van der Waals surface area (Å²) in [4.78, 5) is 2.56. The molecule has 0 aliphatic heterocycles. The van der Waals surface area contributed by atoms with Gasteiger partial charge in [0.25, 0.3) is 0 Å². The minimum absolute atomic E-state index is 0.0863. The van der Waals surface area contributed by atoms with Crippen molar-refractivity contribution in [2.24, 2.45) is 35.5 Å². The zero-order chi connectivity index (χ0) is 32.5. The predicted octanol–water partition coefficient (Wildman–Crippen LogP) is 12.6. The van der Waals surface area contributed by atoms with E-state index in [2.05, 4.69) is 134 Å². The van der Waals surface area contributed by atoms with E-state index in [1.165, 1.54) is 90.7 Å². The Labute approximate surface area is 292 Å². The topological polar surface area (TPSA) is 3.24 Å². The Balaban J connectivity index is 1.11. The molecule has 8 atom stereocenters. The van der Waals surface area contributed by atoms with Gasteiger partial charge in [-0.3, -0.25) is 0 Å². The molecule has 4 saturated carbocycles. The van der Waals surface area contributed by atoms with Crippen LogP contribution in [0, 0.1) is 35.5 Å². The first-order valence-electron chi connectivity index (χ1n) is 19.4. The largest absolute Gasteiger partial charge is 0.310 e. The first-order chi connectivity index (χ1) is 24.1. The molecular weight excluding hydrogens is 591 g/mol. The van der Waals surface area contributed by atoms with E-state index in [0.29, 0.717) is 11.8 Å². The molecule has 1 nitrogen and oxygen atoms in total. The van der Waals surface area contributed by atoms with Crippen LogP contribution in [0.3, 0.4) is 0 Å². The van der Waals surface area contributed by atoms with Gasteiger partial charge in [0, 0.05) is 27.9 Å². The van der Waals surface area contributed by atoms with Crippen LogP contribution in [0.2, 0.25) is 0 Å². The molecule has 0 N–H and O–H groups in total. The van der Waals surface area contributed by atoms with Gasteiger partial charge in [0.1, 0.15) is 0 Å². The summed E-state index contributed by atoms with van der Waals surface area (Å²) in [7, 11) is 0. The van der Waals surface area contributed by atoms with E-state index in [0.717, 1.165) is 23.7 Å². The van der Waals surface area contributed by atoms with Crippen molar-refractivity contribution in [1.82, 2.24) is 0 Å². The molecule has 6 aliphatic carbocycles. The summed E-state index contributed by atoms with van der Waals surface area (Å²) in [5.41, 5.74) is 16.4. The van der Waals surface area contributed by atoms with Crippen LogP contribution in [-0.4, -0.2) is 0 Å². The van der Waals surface area contributed by atoms with Crippen molar-refractivity contribution >= 4 is 17.1 Å². The van der Waals surface area contributed by atoms with E-state index >= 15 is 0 Å². The fourth-order valence-electron chi connectivity index (χ4n) is 13.3. The van der Waals surface area contributed by atoms with Crippen molar-refractivity contribution in [3.63, 3.8) is 0 Å². The Morgan fingerprint density at radius 2 is 1.22 bits per heavy atom. The molecule has 244 valence electrons. The van der Waals surface area contributed by atoms with Gasteiger partial charge in [-0.05, 0) is 155 Å². The Morgan fingerprint density at radius 1 is 0.531 bits per heavy atom. The van der Waals surface area contributed by atoms with Gasteiger partial charge in [0.15, 0.2) is 0 Å². The quantitative estimate of drug-likeness (QED) is 0.190. The molecule has 1 heteroatoms. The lowest BCUT2D eigenvalue weighted by Gasteiger charge is -2.50. The smallest absolute Gasteiger partial charge is 0.0468 e. The van der Waals surface area contributed by atoms with E-state index < -0.39 is 0 Å². The van der Waals surface area contributed by atoms with Crippen molar-refractivity contribution in [3.05, 3.63) is 138 Å². The van der Waals surface area contributed by atoms with E-state index in [9.17, 15) is 0 Å². The SMILES string of the molecule is CC1CCC2[C@H]1CC[C@H](C)C21c2ccccc2-c2ccc(N(c3ccccc3)c3ccc4c(c3)-c3ccccc3[C@@]43C[C@H]4CC[C@@H]3C4)cc21. The molecule has 0 saturated heterocycles. The van der Waals surface area contributed by atoms with Crippen LogP contribution in [0.4, 0.5) is 17.1 Å². The van der Waals surface area contributed by atoms with Gasteiger partial charge in [0.2, 0.25) is 0 Å². The number of benzene rings is 5. The highest BCUT2D eigenvalue weighted by molar-refractivity contribution is 5.89. The fourth-order valence-corrected chi connectivity index (χ4v) is 13.3. The van der Waals surface area contributed by atoms with Gasteiger partial charge in [-0.1, -0.05) is 106 Å². The van der Waals surface area contributed by atoms with Gasteiger partial charge < -0.3 is 4.90 Å². The van der Waals surface area contributed by atoms with Gasteiger partial charge in [-0.2, -0.15) is 0 Å². The number of nitrogens with zero attached hydrogens (tertiary/aromatic N) is 1. The summed E-state index contributed by atoms with van der Waals surface area (Å²) in [6.45, 7) is 5.12. The molecule has 5 aromatic rings. The molecule has 2 bridgehead atoms. The first kappa shape index (κ1) is 28.7. The predicted molar refractivity (Wildman–Crippen MR) is 203 cm³/mol. The molecule has 5 aromatic carbocycles. The van der Waals surface area contributed by atoms with Crippen LogP contribution in [0.5, 0.6) is 0 Å². The van der Waals surface area contributed by atoms with E-state index in [-0.39, 0.29) is 10.8 Å². The summed E-state index contributed by atoms with van der Waals surface area (Å²) in [6, 6.07) is 45.2. The Bertz CT molecular complexity index is 2130. The first-order valence-corrected chi connectivity index (χ1v) is 19.4. The zero-order valence-electron chi connectivity index (χ0n) is 29.0. The zero-order valence-corrected chi connectivity index (χ0v) is 29.0. The number of rotatable bonds is 3. The lowest BCUT2D eigenvalue weighted by molar-refractivity contribution is 0.100. The van der Waals surface area contributed by atoms with Crippen LogP contribution in [0.1, 0.15) is 87.5 Å². The average Bonchev–Trinajstić information content (AvgIpc) is 3.96. The highest BCUT2D eigenvalue weighted by Crippen LogP contribution is 2.68. The molecule has 11 rings (SSSR count). The monoisotopic (exact) mass is 637 g/mol. The van der Waals surface area contributed by atoms with Crippen molar-refractivity contribution in [2.45, 2.75) is 76.0 Å².